The molecular formula is C24H31NO2. The van der Waals surface area contributed by atoms with Gasteiger partial charge in [0.2, 0.25) is 0 Å². The standard InChI is InChI=1S/C24H31NO2/c1-17-8-6-7-11-20(17)22-16-19(13-14-21(22)24(26)27)23(25-2)15-12-18-9-4-3-5-10-18/h6-8,11,13-14,16,18,23,25H,3-5,9-10,12,15H2,1-2H3,(H,26,27). The largest absolute Gasteiger partial charge is 0.478 e. The van der Waals surface area contributed by atoms with Crippen molar-refractivity contribution in [2.45, 2.75) is 57.9 Å². The highest BCUT2D eigenvalue weighted by Crippen LogP contribution is 2.33. The van der Waals surface area contributed by atoms with E-state index in [2.05, 4.69) is 11.4 Å². The van der Waals surface area contributed by atoms with E-state index in [0.717, 1.165) is 29.0 Å². The van der Waals surface area contributed by atoms with Crippen LogP contribution in [0.5, 0.6) is 0 Å². The number of benzene rings is 2. The van der Waals surface area contributed by atoms with Crippen molar-refractivity contribution in [1.29, 1.82) is 0 Å². The normalized spacial score (nSPS) is 16.2. The fraction of sp³-hybridized carbons (Fsp3) is 0.458. The van der Waals surface area contributed by atoms with E-state index in [1.54, 1.807) is 6.07 Å². The fourth-order valence-corrected chi connectivity index (χ4v) is 4.42. The van der Waals surface area contributed by atoms with Gasteiger partial charge in [0.15, 0.2) is 0 Å². The first-order valence-corrected chi connectivity index (χ1v) is 10.2. The molecule has 1 saturated carbocycles. The average molecular weight is 366 g/mol. The molecule has 0 bridgehead atoms. The maximum Gasteiger partial charge on any atom is 0.336 e. The van der Waals surface area contributed by atoms with Crippen LogP contribution in [0.4, 0.5) is 0 Å². The van der Waals surface area contributed by atoms with E-state index in [1.165, 1.54) is 44.1 Å². The second-order valence-corrected chi connectivity index (χ2v) is 7.85. The second kappa shape index (κ2) is 9.18. The first-order valence-electron chi connectivity index (χ1n) is 10.2. The minimum atomic E-state index is -0.872. The van der Waals surface area contributed by atoms with Crippen molar-refractivity contribution in [3.05, 3.63) is 59.2 Å². The van der Waals surface area contributed by atoms with Crippen LogP contribution in [0.1, 0.15) is 72.5 Å². The molecule has 1 aliphatic carbocycles. The van der Waals surface area contributed by atoms with Gasteiger partial charge in [-0.25, -0.2) is 4.79 Å². The number of aryl methyl sites for hydroxylation is 1. The molecule has 0 aliphatic heterocycles. The Balaban J connectivity index is 1.87. The van der Waals surface area contributed by atoms with Gasteiger partial charge >= 0.3 is 5.97 Å². The van der Waals surface area contributed by atoms with E-state index in [1.807, 2.05) is 44.3 Å². The van der Waals surface area contributed by atoms with E-state index in [4.69, 9.17) is 0 Å². The zero-order valence-corrected chi connectivity index (χ0v) is 16.5. The van der Waals surface area contributed by atoms with Crippen molar-refractivity contribution in [2.24, 2.45) is 5.92 Å². The van der Waals surface area contributed by atoms with Crippen LogP contribution in [-0.4, -0.2) is 18.1 Å². The highest BCUT2D eigenvalue weighted by molar-refractivity contribution is 5.96. The number of hydrogen-bond donors (Lipinski definition) is 2. The molecule has 144 valence electrons. The van der Waals surface area contributed by atoms with Crippen LogP contribution in [0.2, 0.25) is 0 Å². The monoisotopic (exact) mass is 365 g/mol. The number of carbonyl (C=O) groups is 1. The Morgan fingerprint density at radius 3 is 2.52 bits per heavy atom. The van der Waals surface area contributed by atoms with Gasteiger partial charge in [-0.3, -0.25) is 0 Å². The van der Waals surface area contributed by atoms with Gasteiger partial charge in [-0.15, -0.1) is 0 Å². The van der Waals surface area contributed by atoms with Crippen molar-refractivity contribution < 1.29 is 9.90 Å². The lowest BCUT2D eigenvalue weighted by Crippen LogP contribution is -2.19. The van der Waals surface area contributed by atoms with Crippen molar-refractivity contribution >= 4 is 5.97 Å². The smallest absolute Gasteiger partial charge is 0.336 e. The first-order chi connectivity index (χ1) is 13.1. The molecule has 2 aromatic rings. The summed E-state index contributed by atoms with van der Waals surface area (Å²) >= 11 is 0. The molecule has 0 amide bonds. The second-order valence-electron chi connectivity index (χ2n) is 7.85. The Bertz CT molecular complexity index is 778. The van der Waals surface area contributed by atoms with Gasteiger partial charge in [-0.1, -0.05) is 62.4 Å². The molecule has 0 saturated heterocycles. The van der Waals surface area contributed by atoms with Crippen LogP contribution < -0.4 is 5.32 Å². The van der Waals surface area contributed by atoms with Crippen LogP contribution in [0.15, 0.2) is 42.5 Å². The van der Waals surface area contributed by atoms with E-state index in [9.17, 15) is 9.90 Å². The maximum atomic E-state index is 11.8. The third kappa shape index (κ3) is 4.78. The molecule has 0 aromatic heterocycles. The SMILES string of the molecule is CNC(CCC1CCCCC1)c1ccc(C(=O)O)c(-c2ccccc2C)c1. The van der Waals surface area contributed by atoms with Crippen molar-refractivity contribution in [2.75, 3.05) is 7.05 Å². The molecule has 1 aliphatic rings. The Kier molecular flexibility index (Phi) is 6.68. The van der Waals surface area contributed by atoms with Crippen LogP contribution in [0, 0.1) is 12.8 Å². The van der Waals surface area contributed by atoms with E-state index in [0.29, 0.717) is 5.56 Å². The van der Waals surface area contributed by atoms with Crippen LogP contribution in [0.25, 0.3) is 11.1 Å². The van der Waals surface area contributed by atoms with Gasteiger partial charge in [0.05, 0.1) is 5.56 Å². The summed E-state index contributed by atoms with van der Waals surface area (Å²) in [7, 11) is 2.00. The predicted molar refractivity (Wildman–Crippen MR) is 111 cm³/mol. The summed E-state index contributed by atoms with van der Waals surface area (Å²) in [4.78, 5) is 11.8. The molecule has 3 heteroatoms. The third-order valence-corrected chi connectivity index (χ3v) is 6.05. The molecular weight excluding hydrogens is 334 g/mol. The predicted octanol–water partition coefficient (Wildman–Crippen LogP) is 5.98. The summed E-state index contributed by atoms with van der Waals surface area (Å²) in [6.07, 6.45) is 9.21. The highest BCUT2D eigenvalue weighted by Gasteiger charge is 2.19. The zero-order chi connectivity index (χ0) is 19.2. The van der Waals surface area contributed by atoms with Gasteiger partial charge in [0, 0.05) is 6.04 Å². The summed E-state index contributed by atoms with van der Waals surface area (Å²) in [5.74, 6) is -0.0215. The summed E-state index contributed by atoms with van der Waals surface area (Å²) in [6.45, 7) is 2.03. The molecule has 27 heavy (non-hydrogen) atoms. The molecule has 0 heterocycles. The van der Waals surface area contributed by atoms with E-state index >= 15 is 0 Å². The summed E-state index contributed by atoms with van der Waals surface area (Å²) in [5.41, 5.74) is 4.46. The fourth-order valence-electron chi connectivity index (χ4n) is 4.42. The lowest BCUT2D eigenvalue weighted by atomic mass is 9.84. The molecule has 3 nitrogen and oxygen atoms in total. The van der Waals surface area contributed by atoms with Gasteiger partial charge in [0.1, 0.15) is 0 Å². The Morgan fingerprint density at radius 2 is 1.85 bits per heavy atom. The van der Waals surface area contributed by atoms with Gasteiger partial charge in [0.25, 0.3) is 0 Å². The van der Waals surface area contributed by atoms with E-state index in [-0.39, 0.29) is 6.04 Å². The molecule has 3 rings (SSSR count). The van der Waals surface area contributed by atoms with Crippen LogP contribution >= 0.6 is 0 Å². The maximum absolute atomic E-state index is 11.8. The lowest BCUT2D eigenvalue weighted by molar-refractivity contribution is 0.0697. The zero-order valence-electron chi connectivity index (χ0n) is 16.5. The summed E-state index contributed by atoms with van der Waals surface area (Å²) < 4.78 is 0. The summed E-state index contributed by atoms with van der Waals surface area (Å²) in [5, 5.41) is 13.1. The quantitative estimate of drug-likeness (QED) is 0.634. The molecule has 1 unspecified atom stereocenters. The van der Waals surface area contributed by atoms with E-state index < -0.39 is 5.97 Å². The van der Waals surface area contributed by atoms with Crippen molar-refractivity contribution in [1.82, 2.24) is 5.32 Å². The highest BCUT2D eigenvalue weighted by atomic mass is 16.4. The van der Waals surface area contributed by atoms with Gasteiger partial charge in [-0.2, -0.15) is 0 Å². The van der Waals surface area contributed by atoms with Crippen molar-refractivity contribution in [3.8, 4) is 11.1 Å². The minimum absolute atomic E-state index is 0.262. The number of hydrogen-bond acceptors (Lipinski definition) is 2. The lowest BCUT2D eigenvalue weighted by Gasteiger charge is -2.25. The average Bonchev–Trinajstić information content (AvgIpc) is 2.69. The molecule has 1 atom stereocenters. The van der Waals surface area contributed by atoms with Gasteiger partial charge in [-0.05, 0) is 67.1 Å². The van der Waals surface area contributed by atoms with Crippen molar-refractivity contribution in [3.63, 3.8) is 0 Å². The molecule has 0 spiro atoms. The molecule has 2 aromatic carbocycles. The number of aromatic carboxylic acids is 1. The molecule has 0 radical (unpaired) electrons. The summed E-state index contributed by atoms with van der Waals surface area (Å²) in [6, 6.07) is 14.1. The minimum Gasteiger partial charge on any atom is -0.478 e. The number of rotatable bonds is 7. The number of carboxylic acid groups (broad SMARTS) is 1. The molecule has 2 N–H and O–H groups in total. The number of carboxylic acids is 1. The number of nitrogens with one attached hydrogen (secondary N) is 1. The van der Waals surface area contributed by atoms with Crippen LogP contribution in [-0.2, 0) is 0 Å². The van der Waals surface area contributed by atoms with Crippen LogP contribution in [0.3, 0.4) is 0 Å². The van der Waals surface area contributed by atoms with Gasteiger partial charge < -0.3 is 10.4 Å². The Hall–Kier alpha value is -2.13. The Labute approximate surface area is 162 Å². The first kappa shape index (κ1) is 19.6. The topological polar surface area (TPSA) is 49.3 Å². The third-order valence-electron chi connectivity index (χ3n) is 6.05. The molecule has 1 fully saturated rings. The Morgan fingerprint density at radius 1 is 1.11 bits per heavy atom.